The molecule has 1 atom stereocenters. The van der Waals surface area contributed by atoms with Crippen LogP contribution in [0.15, 0.2) is 11.1 Å². The lowest BCUT2D eigenvalue weighted by molar-refractivity contribution is -0.121. The molecule has 0 aliphatic carbocycles. The van der Waals surface area contributed by atoms with E-state index >= 15 is 0 Å². The predicted molar refractivity (Wildman–Crippen MR) is 51.2 cm³/mol. The van der Waals surface area contributed by atoms with Crippen molar-refractivity contribution in [1.82, 2.24) is 5.32 Å². The summed E-state index contributed by atoms with van der Waals surface area (Å²) in [6, 6.07) is 0. The van der Waals surface area contributed by atoms with E-state index in [1.165, 1.54) is 0 Å². The van der Waals surface area contributed by atoms with Crippen LogP contribution in [0.25, 0.3) is 0 Å². The molecule has 1 rings (SSSR count). The van der Waals surface area contributed by atoms with Crippen LogP contribution in [0.2, 0.25) is 0 Å². The van der Waals surface area contributed by atoms with Gasteiger partial charge in [0.25, 0.3) is 0 Å². The zero-order valence-corrected chi connectivity index (χ0v) is 8.73. The van der Waals surface area contributed by atoms with Crippen LogP contribution in [0.3, 0.4) is 0 Å². The summed E-state index contributed by atoms with van der Waals surface area (Å²) in [5.41, 5.74) is 1.39. The molecule has 0 saturated heterocycles. The van der Waals surface area contributed by atoms with Crippen molar-refractivity contribution in [3.8, 4) is 0 Å². The molecule has 74 valence electrons. The van der Waals surface area contributed by atoms with Gasteiger partial charge in [-0.2, -0.15) is 0 Å². The Morgan fingerprint density at radius 2 is 2.00 bits per heavy atom. The summed E-state index contributed by atoms with van der Waals surface area (Å²) in [7, 11) is 1.62. The molecule has 1 aliphatic heterocycles. The molecular weight excluding hydrogens is 166 g/mol. The molecule has 0 aromatic rings. The number of hydrogen-bond acceptors (Lipinski definition) is 2. The van der Waals surface area contributed by atoms with Crippen LogP contribution < -0.4 is 5.32 Å². The van der Waals surface area contributed by atoms with Crippen LogP contribution in [-0.2, 0) is 9.53 Å². The summed E-state index contributed by atoms with van der Waals surface area (Å²) >= 11 is 0. The highest BCUT2D eigenvalue weighted by molar-refractivity contribution is 5.98. The Hall–Kier alpha value is -0.830. The standard InChI is InChI=1S/C10H17NO2/c1-5-7-8(6-2)10(3,13-4)11-9(7)12/h5-6H2,1-4H3,(H,11,12). The van der Waals surface area contributed by atoms with Gasteiger partial charge in [-0.1, -0.05) is 13.8 Å². The van der Waals surface area contributed by atoms with E-state index in [1.807, 2.05) is 20.8 Å². The molecule has 1 amide bonds. The van der Waals surface area contributed by atoms with Crippen LogP contribution in [0.5, 0.6) is 0 Å². The van der Waals surface area contributed by atoms with Gasteiger partial charge in [-0.05, 0) is 25.3 Å². The summed E-state index contributed by atoms with van der Waals surface area (Å²) in [6.07, 6.45) is 1.63. The Morgan fingerprint density at radius 1 is 1.38 bits per heavy atom. The molecular formula is C10H17NO2. The van der Waals surface area contributed by atoms with E-state index in [0.29, 0.717) is 0 Å². The molecule has 0 aromatic heterocycles. The molecule has 0 bridgehead atoms. The number of nitrogens with one attached hydrogen (secondary N) is 1. The average Bonchev–Trinajstić information content (AvgIpc) is 2.37. The minimum absolute atomic E-state index is 0.0173. The highest BCUT2D eigenvalue weighted by Crippen LogP contribution is 2.31. The molecule has 1 N–H and O–H groups in total. The summed E-state index contributed by atoms with van der Waals surface area (Å²) in [4.78, 5) is 11.5. The Kier molecular flexibility index (Phi) is 2.76. The van der Waals surface area contributed by atoms with Crippen LogP contribution in [0.1, 0.15) is 33.6 Å². The van der Waals surface area contributed by atoms with E-state index < -0.39 is 5.72 Å². The summed E-state index contributed by atoms with van der Waals surface area (Å²) in [5.74, 6) is 0.0173. The molecule has 3 heteroatoms. The first-order valence-corrected chi connectivity index (χ1v) is 4.69. The van der Waals surface area contributed by atoms with Crippen LogP contribution in [-0.4, -0.2) is 18.7 Å². The molecule has 1 unspecified atom stereocenters. The van der Waals surface area contributed by atoms with E-state index in [0.717, 1.165) is 24.0 Å². The fraction of sp³-hybridized carbons (Fsp3) is 0.700. The maximum atomic E-state index is 11.5. The first kappa shape index (κ1) is 10.3. The van der Waals surface area contributed by atoms with Crippen LogP contribution in [0, 0.1) is 0 Å². The predicted octanol–water partition coefficient (Wildman–Crippen LogP) is 1.60. The molecule has 0 saturated carbocycles. The highest BCUT2D eigenvalue weighted by atomic mass is 16.5. The highest BCUT2D eigenvalue weighted by Gasteiger charge is 2.39. The molecule has 13 heavy (non-hydrogen) atoms. The van der Waals surface area contributed by atoms with Gasteiger partial charge in [0.2, 0.25) is 5.91 Å². The third-order valence-corrected chi connectivity index (χ3v) is 2.68. The van der Waals surface area contributed by atoms with Gasteiger partial charge in [0.1, 0.15) is 0 Å². The van der Waals surface area contributed by atoms with E-state index in [4.69, 9.17) is 4.74 Å². The monoisotopic (exact) mass is 183 g/mol. The lowest BCUT2D eigenvalue weighted by Gasteiger charge is -2.25. The van der Waals surface area contributed by atoms with Gasteiger partial charge in [-0.25, -0.2) is 0 Å². The largest absolute Gasteiger partial charge is 0.355 e. The van der Waals surface area contributed by atoms with E-state index in [-0.39, 0.29) is 5.91 Å². The second kappa shape index (κ2) is 3.50. The van der Waals surface area contributed by atoms with E-state index in [9.17, 15) is 4.79 Å². The minimum Gasteiger partial charge on any atom is -0.355 e. The maximum Gasteiger partial charge on any atom is 0.249 e. The minimum atomic E-state index is -0.572. The van der Waals surface area contributed by atoms with Gasteiger partial charge in [0.05, 0.1) is 0 Å². The zero-order valence-electron chi connectivity index (χ0n) is 8.73. The summed E-state index contributed by atoms with van der Waals surface area (Å²) in [5, 5.41) is 2.85. The first-order valence-electron chi connectivity index (χ1n) is 4.69. The number of hydrogen-bond donors (Lipinski definition) is 1. The van der Waals surface area contributed by atoms with Gasteiger partial charge in [0, 0.05) is 12.7 Å². The van der Waals surface area contributed by atoms with E-state index in [1.54, 1.807) is 7.11 Å². The van der Waals surface area contributed by atoms with Crippen molar-refractivity contribution < 1.29 is 9.53 Å². The van der Waals surface area contributed by atoms with Gasteiger partial charge in [-0.3, -0.25) is 4.79 Å². The number of methoxy groups -OCH3 is 1. The Morgan fingerprint density at radius 3 is 2.38 bits per heavy atom. The van der Waals surface area contributed by atoms with Crippen molar-refractivity contribution in [2.24, 2.45) is 0 Å². The van der Waals surface area contributed by atoms with Gasteiger partial charge < -0.3 is 10.1 Å². The van der Waals surface area contributed by atoms with Crippen molar-refractivity contribution in [3.63, 3.8) is 0 Å². The molecule has 0 spiro atoms. The topological polar surface area (TPSA) is 38.3 Å². The van der Waals surface area contributed by atoms with E-state index in [2.05, 4.69) is 5.32 Å². The number of rotatable bonds is 3. The maximum absolute atomic E-state index is 11.5. The molecule has 1 aliphatic rings. The SMILES string of the molecule is CCC1=C(CC)C(C)(OC)NC1=O. The smallest absolute Gasteiger partial charge is 0.249 e. The molecule has 3 nitrogen and oxygen atoms in total. The fourth-order valence-corrected chi connectivity index (χ4v) is 1.89. The molecule has 0 aromatic carbocycles. The zero-order chi connectivity index (χ0) is 10.1. The van der Waals surface area contributed by atoms with Crippen molar-refractivity contribution in [1.29, 1.82) is 0 Å². The third-order valence-electron chi connectivity index (χ3n) is 2.68. The van der Waals surface area contributed by atoms with Crippen molar-refractivity contribution in [2.75, 3.05) is 7.11 Å². The number of amides is 1. The van der Waals surface area contributed by atoms with Gasteiger partial charge in [-0.15, -0.1) is 0 Å². The van der Waals surface area contributed by atoms with Crippen LogP contribution in [0.4, 0.5) is 0 Å². The fourth-order valence-electron chi connectivity index (χ4n) is 1.89. The van der Waals surface area contributed by atoms with Gasteiger partial charge >= 0.3 is 0 Å². The third kappa shape index (κ3) is 1.48. The Labute approximate surface area is 79.2 Å². The molecule has 0 fully saturated rings. The lowest BCUT2D eigenvalue weighted by Crippen LogP contribution is -2.43. The lowest BCUT2D eigenvalue weighted by atomic mass is 9.99. The Balaban J connectivity index is 3.09. The number of carbonyl (C=O) groups excluding carboxylic acids is 1. The van der Waals surface area contributed by atoms with Crippen molar-refractivity contribution in [2.45, 2.75) is 39.3 Å². The van der Waals surface area contributed by atoms with Crippen molar-refractivity contribution in [3.05, 3.63) is 11.1 Å². The quantitative estimate of drug-likeness (QED) is 0.721. The van der Waals surface area contributed by atoms with Crippen molar-refractivity contribution >= 4 is 5.91 Å². The molecule has 0 radical (unpaired) electrons. The van der Waals surface area contributed by atoms with Gasteiger partial charge in [0.15, 0.2) is 5.72 Å². The second-order valence-corrected chi connectivity index (χ2v) is 3.36. The summed E-state index contributed by atoms with van der Waals surface area (Å²) in [6.45, 7) is 5.93. The first-order chi connectivity index (χ1) is 6.09. The molecule has 1 heterocycles. The second-order valence-electron chi connectivity index (χ2n) is 3.36. The average molecular weight is 183 g/mol. The number of ether oxygens (including phenoxy) is 1. The Bertz CT molecular complexity index is 258. The summed E-state index contributed by atoms with van der Waals surface area (Å²) < 4.78 is 5.31. The number of carbonyl (C=O) groups is 1. The normalized spacial score (nSPS) is 28.2. The van der Waals surface area contributed by atoms with Crippen LogP contribution >= 0.6 is 0 Å².